The lowest BCUT2D eigenvalue weighted by Gasteiger charge is -2.29. The Morgan fingerprint density at radius 1 is 1.22 bits per heavy atom. The summed E-state index contributed by atoms with van der Waals surface area (Å²) in [6.07, 6.45) is 3.30. The summed E-state index contributed by atoms with van der Waals surface area (Å²) in [5.41, 5.74) is 0.639. The third kappa shape index (κ3) is 4.32. The number of allylic oxidation sites excluding steroid dienone is 1. The van der Waals surface area contributed by atoms with Crippen LogP contribution in [0.25, 0.3) is 10.2 Å². The molecule has 168 valence electrons. The van der Waals surface area contributed by atoms with Gasteiger partial charge in [0.15, 0.2) is 4.80 Å². The molecule has 2 aromatic carbocycles. The van der Waals surface area contributed by atoms with E-state index in [0.717, 1.165) is 12.8 Å². The first-order valence-corrected chi connectivity index (χ1v) is 12.6. The van der Waals surface area contributed by atoms with Gasteiger partial charge in [-0.05, 0) is 55.2 Å². The maximum Gasteiger partial charge on any atom is 0.279 e. The number of hydrogen-bond acceptors (Lipinski definition) is 4. The first-order valence-electron chi connectivity index (χ1n) is 10.4. The van der Waals surface area contributed by atoms with Crippen molar-refractivity contribution in [3.05, 3.63) is 71.3 Å². The summed E-state index contributed by atoms with van der Waals surface area (Å²) in [7, 11) is -3.59. The van der Waals surface area contributed by atoms with E-state index in [-0.39, 0.29) is 10.5 Å². The Bertz CT molecular complexity index is 1330. The predicted molar refractivity (Wildman–Crippen MR) is 123 cm³/mol. The van der Waals surface area contributed by atoms with Crippen molar-refractivity contribution in [1.82, 2.24) is 8.87 Å². The Morgan fingerprint density at radius 3 is 2.56 bits per heavy atom. The lowest BCUT2D eigenvalue weighted by molar-refractivity contribution is 0.0997. The van der Waals surface area contributed by atoms with Gasteiger partial charge in [-0.15, -0.1) is 6.58 Å². The standard InChI is InChI=1S/C23H24FN3O3S2/c1-3-13-27-21-19(24)5-4-6-20(21)31-23(27)25-22(28)17-7-9-18(10-8-17)32(29,30)26-14-11-16(2)12-15-26/h3-10,16H,1,11-15H2,2H3. The third-order valence-corrected chi connectivity index (χ3v) is 8.60. The van der Waals surface area contributed by atoms with Gasteiger partial charge in [0.2, 0.25) is 10.0 Å². The average Bonchev–Trinajstić information content (AvgIpc) is 3.12. The largest absolute Gasteiger partial charge is 0.310 e. The summed E-state index contributed by atoms with van der Waals surface area (Å²) in [4.78, 5) is 17.5. The number of sulfonamides is 1. The Balaban J connectivity index is 1.64. The van der Waals surface area contributed by atoms with Gasteiger partial charge in [-0.2, -0.15) is 9.30 Å². The van der Waals surface area contributed by atoms with Crippen LogP contribution in [0.2, 0.25) is 0 Å². The molecule has 9 heteroatoms. The number of nitrogens with zero attached hydrogens (tertiary/aromatic N) is 3. The highest BCUT2D eigenvalue weighted by Gasteiger charge is 2.28. The number of halogens is 1. The van der Waals surface area contributed by atoms with Crippen molar-refractivity contribution in [3.63, 3.8) is 0 Å². The van der Waals surface area contributed by atoms with E-state index in [1.807, 2.05) is 0 Å². The SMILES string of the molecule is C=CCn1c(=NC(=O)c2ccc(S(=O)(=O)N3CCC(C)CC3)cc2)sc2cccc(F)c21. The van der Waals surface area contributed by atoms with Gasteiger partial charge in [0.05, 0.1) is 15.1 Å². The molecule has 0 atom stereocenters. The molecule has 4 rings (SSSR count). The Labute approximate surface area is 190 Å². The van der Waals surface area contributed by atoms with Crippen LogP contribution in [0.3, 0.4) is 0 Å². The summed E-state index contributed by atoms with van der Waals surface area (Å²) in [6.45, 7) is 7.14. The molecule has 1 fully saturated rings. The van der Waals surface area contributed by atoms with Gasteiger partial charge in [-0.25, -0.2) is 12.8 Å². The molecule has 0 spiro atoms. The second kappa shape index (κ2) is 9.09. The smallest absolute Gasteiger partial charge is 0.279 e. The number of carbonyl (C=O) groups excluding carboxylic acids is 1. The van der Waals surface area contributed by atoms with E-state index in [0.29, 0.717) is 40.6 Å². The monoisotopic (exact) mass is 473 g/mol. The zero-order valence-corrected chi connectivity index (χ0v) is 19.3. The van der Waals surface area contributed by atoms with Crippen molar-refractivity contribution in [2.24, 2.45) is 10.9 Å². The number of piperidine rings is 1. The fourth-order valence-corrected chi connectivity index (χ4v) is 6.29. The molecule has 1 aliphatic rings. The highest BCUT2D eigenvalue weighted by Crippen LogP contribution is 2.24. The average molecular weight is 474 g/mol. The van der Waals surface area contributed by atoms with Crippen molar-refractivity contribution < 1.29 is 17.6 Å². The molecular formula is C23H24FN3O3S2. The van der Waals surface area contributed by atoms with Crippen LogP contribution in [0.1, 0.15) is 30.1 Å². The normalized spacial score (nSPS) is 16.5. The van der Waals surface area contributed by atoms with E-state index in [9.17, 15) is 17.6 Å². The van der Waals surface area contributed by atoms with E-state index < -0.39 is 21.7 Å². The van der Waals surface area contributed by atoms with Crippen molar-refractivity contribution in [2.75, 3.05) is 13.1 Å². The molecule has 0 radical (unpaired) electrons. The summed E-state index contributed by atoms with van der Waals surface area (Å²) in [6, 6.07) is 10.6. The minimum absolute atomic E-state index is 0.161. The molecule has 1 saturated heterocycles. The number of rotatable bonds is 5. The maximum absolute atomic E-state index is 14.3. The molecule has 0 unspecified atom stereocenters. The summed E-state index contributed by atoms with van der Waals surface area (Å²) in [5.74, 6) is -0.393. The lowest BCUT2D eigenvalue weighted by atomic mass is 10.0. The van der Waals surface area contributed by atoms with Gasteiger partial charge in [-0.3, -0.25) is 4.79 Å². The molecule has 0 N–H and O–H groups in total. The molecule has 3 aromatic rings. The number of carbonyl (C=O) groups is 1. The minimum Gasteiger partial charge on any atom is -0.310 e. The fraction of sp³-hybridized carbons (Fsp3) is 0.304. The molecule has 1 amide bonds. The number of aromatic nitrogens is 1. The lowest BCUT2D eigenvalue weighted by Crippen LogP contribution is -2.37. The van der Waals surface area contributed by atoms with Crippen LogP contribution in [0, 0.1) is 11.7 Å². The molecule has 32 heavy (non-hydrogen) atoms. The zero-order chi connectivity index (χ0) is 22.9. The van der Waals surface area contributed by atoms with Crippen molar-refractivity contribution >= 4 is 37.5 Å². The van der Waals surface area contributed by atoms with Crippen molar-refractivity contribution in [3.8, 4) is 0 Å². The topological polar surface area (TPSA) is 71.7 Å². The molecule has 6 nitrogen and oxygen atoms in total. The van der Waals surface area contributed by atoms with E-state index in [1.165, 1.54) is 46.0 Å². The van der Waals surface area contributed by atoms with Crippen molar-refractivity contribution in [1.29, 1.82) is 0 Å². The van der Waals surface area contributed by atoms with E-state index in [1.54, 1.807) is 22.8 Å². The molecule has 0 saturated carbocycles. The minimum atomic E-state index is -3.59. The molecular weight excluding hydrogens is 449 g/mol. The Hall–Kier alpha value is -2.62. The fourth-order valence-electron chi connectivity index (χ4n) is 3.77. The first-order chi connectivity index (χ1) is 15.3. The van der Waals surface area contributed by atoms with Crippen LogP contribution in [-0.4, -0.2) is 36.3 Å². The molecule has 1 aromatic heterocycles. The highest BCUT2D eigenvalue weighted by molar-refractivity contribution is 7.89. The van der Waals surface area contributed by atoms with Gasteiger partial charge in [-0.1, -0.05) is 30.4 Å². The summed E-state index contributed by atoms with van der Waals surface area (Å²) < 4.78 is 43.9. The van der Waals surface area contributed by atoms with E-state index in [2.05, 4.69) is 18.5 Å². The Kier molecular flexibility index (Phi) is 6.41. The molecule has 0 aliphatic carbocycles. The number of fused-ring (bicyclic) bond motifs is 1. The van der Waals surface area contributed by atoms with Crippen LogP contribution < -0.4 is 4.80 Å². The predicted octanol–water partition coefficient (Wildman–Crippen LogP) is 4.19. The van der Waals surface area contributed by atoms with Gasteiger partial charge < -0.3 is 4.57 Å². The van der Waals surface area contributed by atoms with Gasteiger partial charge >= 0.3 is 0 Å². The van der Waals surface area contributed by atoms with Gasteiger partial charge in [0.25, 0.3) is 5.91 Å². The third-order valence-electron chi connectivity index (χ3n) is 5.64. The molecule has 2 heterocycles. The van der Waals surface area contributed by atoms with Crippen LogP contribution >= 0.6 is 11.3 Å². The zero-order valence-electron chi connectivity index (χ0n) is 17.7. The van der Waals surface area contributed by atoms with Crippen LogP contribution in [0.4, 0.5) is 4.39 Å². The van der Waals surface area contributed by atoms with Crippen LogP contribution in [0.15, 0.2) is 65.0 Å². The number of para-hydroxylation sites is 1. The van der Waals surface area contributed by atoms with Crippen molar-refractivity contribution in [2.45, 2.75) is 31.2 Å². The van der Waals surface area contributed by atoms with E-state index >= 15 is 0 Å². The highest BCUT2D eigenvalue weighted by atomic mass is 32.2. The van der Waals surface area contributed by atoms with Gasteiger partial charge in [0.1, 0.15) is 5.82 Å². The number of hydrogen-bond donors (Lipinski definition) is 0. The first kappa shape index (κ1) is 22.6. The summed E-state index contributed by atoms with van der Waals surface area (Å²) >= 11 is 1.21. The second-order valence-corrected chi connectivity index (χ2v) is 10.8. The van der Waals surface area contributed by atoms with Crippen LogP contribution in [-0.2, 0) is 16.6 Å². The van der Waals surface area contributed by atoms with Crippen LogP contribution in [0.5, 0.6) is 0 Å². The molecule has 0 bridgehead atoms. The molecule has 1 aliphatic heterocycles. The number of benzene rings is 2. The summed E-state index contributed by atoms with van der Waals surface area (Å²) in [5, 5.41) is 0. The van der Waals surface area contributed by atoms with Gasteiger partial charge in [0, 0.05) is 25.2 Å². The Morgan fingerprint density at radius 2 is 1.91 bits per heavy atom. The van der Waals surface area contributed by atoms with E-state index in [4.69, 9.17) is 0 Å². The maximum atomic E-state index is 14.3. The number of amides is 1. The number of thiazole rings is 1. The second-order valence-electron chi connectivity index (χ2n) is 7.90. The quantitative estimate of drug-likeness (QED) is 0.522.